The number of carbonyl (C=O) groups is 2. The van der Waals surface area contributed by atoms with Gasteiger partial charge in [0.2, 0.25) is 0 Å². The van der Waals surface area contributed by atoms with E-state index in [-0.39, 0.29) is 11.8 Å². The van der Waals surface area contributed by atoms with Gasteiger partial charge in [-0.25, -0.2) is 4.79 Å². The minimum absolute atomic E-state index is 0.0571. The summed E-state index contributed by atoms with van der Waals surface area (Å²) < 4.78 is 0. The van der Waals surface area contributed by atoms with Crippen molar-refractivity contribution in [2.45, 2.75) is 13.8 Å². The molecule has 1 aliphatic rings. The first-order valence-corrected chi connectivity index (χ1v) is 9.00. The smallest absolute Gasteiger partial charge is 0.321 e. The lowest BCUT2D eigenvalue weighted by atomic mass is 10.1. The first kappa shape index (κ1) is 18.3. The Morgan fingerprint density at radius 1 is 1.04 bits per heavy atom. The van der Waals surface area contributed by atoms with Gasteiger partial charge in [-0.3, -0.25) is 4.79 Å². The first-order chi connectivity index (χ1) is 12.4. The van der Waals surface area contributed by atoms with Gasteiger partial charge in [0.15, 0.2) is 5.78 Å². The molecule has 26 heavy (non-hydrogen) atoms. The van der Waals surface area contributed by atoms with E-state index < -0.39 is 0 Å². The van der Waals surface area contributed by atoms with E-state index in [0.29, 0.717) is 29.4 Å². The summed E-state index contributed by atoms with van der Waals surface area (Å²) in [6.07, 6.45) is 0. The van der Waals surface area contributed by atoms with Gasteiger partial charge < -0.3 is 15.1 Å². The Morgan fingerprint density at radius 3 is 2.42 bits per heavy atom. The number of halogens is 1. The molecule has 3 rings (SSSR count). The second kappa shape index (κ2) is 7.79. The normalized spacial score (nSPS) is 14.3. The van der Waals surface area contributed by atoms with E-state index in [4.69, 9.17) is 11.6 Å². The summed E-state index contributed by atoms with van der Waals surface area (Å²) >= 11 is 6.11. The molecule has 0 radical (unpaired) electrons. The van der Waals surface area contributed by atoms with Crippen molar-refractivity contribution in [3.63, 3.8) is 0 Å². The van der Waals surface area contributed by atoms with Crippen LogP contribution in [0, 0.1) is 6.92 Å². The summed E-state index contributed by atoms with van der Waals surface area (Å²) in [5.74, 6) is 0.0571. The van der Waals surface area contributed by atoms with E-state index in [1.165, 1.54) is 0 Å². The van der Waals surface area contributed by atoms with E-state index >= 15 is 0 Å². The lowest BCUT2D eigenvalue weighted by Gasteiger charge is -2.36. The molecule has 0 aliphatic carbocycles. The molecule has 1 saturated heterocycles. The van der Waals surface area contributed by atoms with Crippen LogP contribution in [0.15, 0.2) is 42.5 Å². The lowest BCUT2D eigenvalue weighted by Crippen LogP contribution is -2.50. The number of ketones is 1. The number of hydrogen-bond donors (Lipinski definition) is 1. The van der Waals surface area contributed by atoms with Crippen LogP contribution in [-0.4, -0.2) is 42.9 Å². The predicted octanol–water partition coefficient (Wildman–Crippen LogP) is 4.21. The van der Waals surface area contributed by atoms with Crippen molar-refractivity contribution in [2.75, 3.05) is 36.4 Å². The second-order valence-corrected chi connectivity index (χ2v) is 6.88. The van der Waals surface area contributed by atoms with Crippen molar-refractivity contribution in [1.29, 1.82) is 0 Å². The molecule has 1 aliphatic heterocycles. The molecule has 1 N–H and O–H groups in total. The molecule has 0 saturated carbocycles. The zero-order chi connectivity index (χ0) is 18.7. The number of aryl methyl sites for hydroxylation is 1. The number of urea groups is 1. The van der Waals surface area contributed by atoms with Gasteiger partial charge in [0, 0.05) is 48.1 Å². The van der Waals surface area contributed by atoms with E-state index in [1.54, 1.807) is 17.9 Å². The summed E-state index contributed by atoms with van der Waals surface area (Å²) in [6.45, 7) is 6.19. The van der Waals surface area contributed by atoms with Gasteiger partial charge in [0.1, 0.15) is 0 Å². The molecule has 2 aromatic carbocycles. The highest BCUT2D eigenvalue weighted by atomic mass is 35.5. The van der Waals surface area contributed by atoms with Gasteiger partial charge in [-0.15, -0.1) is 0 Å². The third kappa shape index (κ3) is 4.17. The number of carbonyl (C=O) groups excluding carboxylic acids is 2. The molecule has 5 nitrogen and oxygen atoms in total. The SMILES string of the molecule is CC(=O)c1cccc(N2CCN(C(=O)Nc3ccc(C)c(Cl)c3)CC2)c1. The quantitative estimate of drug-likeness (QED) is 0.822. The van der Waals surface area contributed by atoms with Gasteiger partial charge in [-0.05, 0) is 43.7 Å². The highest BCUT2D eigenvalue weighted by Gasteiger charge is 2.21. The fourth-order valence-electron chi connectivity index (χ4n) is 2.96. The molecule has 1 fully saturated rings. The first-order valence-electron chi connectivity index (χ1n) is 8.62. The fraction of sp³-hybridized carbons (Fsp3) is 0.300. The third-order valence-corrected chi connectivity index (χ3v) is 5.02. The van der Waals surface area contributed by atoms with Gasteiger partial charge in [0.05, 0.1) is 0 Å². The highest BCUT2D eigenvalue weighted by Crippen LogP contribution is 2.21. The molecule has 0 unspecified atom stereocenters. The number of nitrogens with zero attached hydrogens (tertiary/aromatic N) is 2. The van der Waals surface area contributed by atoms with E-state index in [2.05, 4.69) is 10.2 Å². The summed E-state index contributed by atoms with van der Waals surface area (Å²) in [5.41, 5.74) is 3.40. The number of benzene rings is 2. The summed E-state index contributed by atoms with van der Waals surface area (Å²) in [4.78, 5) is 28.0. The van der Waals surface area contributed by atoms with Crippen molar-refractivity contribution in [2.24, 2.45) is 0 Å². The number of hydrogen-bond acceptors (Lipinski definition) is 3. The van der Waals surface area contributed by atoms with Crippen LogP contribution in [0.25, 0.3) is 0 Å². The summed E-state index contributed by atoms with van der Waals surface area (Å²) in [7, 11) is 0. The molecule has 6 heteroatoms. The molecule has 2 amide bonds. The van der Waals surface area contributed by atoms with E-state index in [1.807, 2.05) is 43.3 Å². The van der Waals surface area contributed by atoms with E-state index in [9.17, 15) is 9.59 Å². The van der Waals surface area contributed by atoms with Crippen LogP contribution in [0.3, 0.4) is 0 Å². The predicted molar refractivity (Wildman–Crippen MR) is 105 cm³/mol. The maximum absolute atomic E-state index is 12.5. The number of amides is 2. The molecule has 0 aromatic heterocycles. The van der Waals surface area contributed by atoms with Crippen molar-refractivity contribution < 1.29 is 9.59 Å². The van der Waals surface area contributed by atoms with Crippen molar-refractivity contribution in [1.82, 2.24) is 4.90 Å². The Bertz CT molecular complexity index is 830. The number of anilines is 2. The molecule has 2 aromatic rings. The Labute approximate surface area is 158 Å². The molecular formula is C20H22ClN3O2. The molecule has 0 spiro atoms. The van der Waals surface area contributed by atoms with Crippen LogP contribution in [0.2, 0.25) is 5.02 Å². The zero-order valence-electron chi connectivity index (χ0n) is 15.0. The number of piperazine rings is 1. The summed E-state index contributed by atoms with van der Waals surface area (Å²) in [5, 5.41) is 3.53. The maximum atomic E-state index is 12.5. The largest absolute Gasteiger partial charge is 0.368 e. The average molecular weight is 372 g/mol. The van der Waals surface area contributed by atoms with Crippen LogP contribution >= 0.6 is 11.6 Å². The second-order valence-electron chi connectivity index (χ2n) is 6.47. The Morgan fingerprint density at radius 2 is 1.77 bits per heavy atom. The van der Waals surface area contributed by atoms with Crippen LogP contribution in [0.1, 0.15) is 22.8 Å². The molecular weight excluding hydrogens is 350 g/mol. The van der Waals surface area contributed by atoms with Crippen LogP contribution in [0.4, 0.5) is 16.2 Å². The van der Waals surface area contributed by atoms with Gasteiger partial charge in [0.25, 0.3) is 0 Å². The Kier molecular flexibility index (Phi) is 5.47. The van der Waals surface area contributed by atoms with Crippen LogP contribution < -0.4 is 10.2 Å². The highest BCUT2D eigenvalue weighted by molar-refractivity contribution is 6.31. The van der Waals surface area contributed by atoms with Crippen molar-refractivity contribution in [3.8, 4) is 0 Å². The molecule has 0 bridgehead atoms. The van der Waals surface area contributed by atoms with Crippen LogP contribution in [-0.2, 0) is 0 Å². The van der Waals surface area contributed by atoms with Gasteiger partial charge in [-0.1, -0.05) is 29.8 Å². The Balaban J connectivity index is 1.59. The molecule has 136 valence electrons. The van der Waals surface area contributed by atoms with Crippen molar-refractivity contribution in [3.05, 3.63) is 58.6 Å². The van der Waals surface area contributed by atoms with Crippen molar-refractivity contribution >= 4 is 34.8 Å². The molecule has 1 heterocycles. The van der Waals surface area contributed by atoms with Gasteiger partial charge in [-0.2, -0.15) is 0 Å². The average Bonchev–Trinajstić information content (AvgIpc) is 2.65. The fourth-order valence-corrected chi connectivity index (χ4v) is 3.14. The zero-order valence-corrected chi connectivity index (χ0v) is 15.7. The standard InChI is InChI=1S/C20H22ClN3O2/c1-14-6-7-17(13-19(14)21)22-20(26)24-10-8-23(9-11-24)18-5-3-4-16(12-18)15(2)25/h3-7,12-13H,8-11H2,1-2H3,(H,22,26). The lowest BCUT2D eigenvalue weighted by molar-refractivity contribution is 0.101. The minimum atomic E-state index is -0.123. The third-order valence-electron chi connectivity index (χ3n) is 4.61. The number of Topliss-reactive ketones (excluding diaryl/α,β-unsaturated/α-hetero) is 1. The summed E-state index contributed by atoms with van der Waals surface area (Å²) in [6, 6.07) is 13.0. The molecule has 0 atom stereocenters. The van der Waals surface area contributed by atoms with Crippen LogP contribution in [0.5, 0.6) is 0 Å². The minimum Gasteiger partial charge on any atom is -0.368 e. The number of rotatable bonds is 3. The number of nitrogens with one attached hydrogen (secondary N) is 1. The van der Waals surface area contributed by atoms with E-state index in [0.717, 1.165) is 24.3 Å². The maximum Gasteiger partial charge on any atom is 0.321 e. The Hall–Kier alpha value is -2.53. The topological polar surface area (TPSA) is 52.7 Å². The monoisotopic (exact) mass is 371 g/mol. The van der Waals surface area contributed by atoms with Gasteiger partial charge >= 0.3 is 6.03 Å².